The van der Waals surface area contributed by atoms with Crippen LogP contribution in [0.15, 0.2) is 24.3 Å². The Morgan fingerprint density at radius 3 is 2.50 bits per heavy atom. The van der Waals surface area contributed by atoms with Crippen LogP contribution in [-0.4, -0.2) is 32.3 Å². The molecule has 1 aromatic rings. The van der Waals surface area contributed by atoms with Gasteiger partial charge in [-0.25, -0.2) is 0 Å². The van der Waals surface area contributed by atoms with Crippen LogP contribution in [0.5, 0.6) is 0 Å². The van der Waals surface area contributed by atoms with Crippen molar-refractivity contribution in [3.05, 3.63) is 24.3 Å². The molecule has 0 amide bonds. The minimum absolute atomic E-state index is 0.350. The zero-order valence-corrected chi connectivity index (χ0v) is 11.5. The van der Waals surface area contributed by atoms with E-state index in [1.807, 2.05) is 6.92 Å². The van der Waals surface area contributed by atoms with Gasteiger partial charge < -0.3 is 15.0 Å². The molecule has 100 valence electrons. The first-order valence-corrected chi connectivity index (χ1v) is 6.99. The molecule has 1 N–H and O–H groups in total. The van der Waals surface area contributed by atoms with E-state index in [0.717, 1.165) is 13.2 Å². The molecule has 0 spiro atoms. The van der Waals surface area contributed by atoms with Gasteiger partial charge in [-0.1, -0.05) is 0 Å². The molecule has 1 aliphatic heterocycles. The molecule has 0 aliphatic carbocycles. The van der Waals surface area contributed by atoms with E-state index in [9.17, 15) is 0 Å². The van der Waals surface area contributed by atoms with Crippen molar-refractivity contribution < 1.29 is 4.74 Å². The Bertz CT molecular complexity index is 344. The van der Waals surface area contributed by atoms with Crippen molar-refractivity contribution in [2.45, 2.75) is 32.7 Å². The fourth-order valence-electron chi connectivity index (χ4n) is 2.36. The topological polar surface area (TPSA) is 24.5 Å². The SMILES string of the molecule is CCOCC(C)Nc1ccc(N2CCCC2)cc1. The maximum absolute atomic E-state index is 5.40. The number of nitrogens with zero attached hydrogens (tertiary/aromatic N) is 1. The Hall–Kier alpha value is -1.22. The summed E-state index contributed by atoms with van der Waals surface area (Å²) in [6.07, 6.45) is 2.65. The average Bonchev–Trinajstić information content (AvgIpc) is 2.91. The lowest BCUT2D eigenvalue weighted by atomic mass is 10.2. The Morgan fingerprint density at radius 1 is 1.22 bits per heavy atom. The van der Waals surface area contributed by atoms with E-state index in [0.29, 0.717) is 6.04 Å². The Morgan fingerprint density at radius 2 is 1.89 bits per heavy atom. The summed E-state index contributed by atoms with van der Waals surface area (Å²) in [5, 5.41) is 3.45. The summed E-state index contributed by atoms with van der Waals surface area (Å²) in [4.78, 5) is 2.45. The van der Waals surface area contributed by atoms with E-state index in [2.05, 4.69) is 41.4 Å². The molecule has 18 heavy (non-hydrogen) atoms. The maximum Gasteiger partial charge on any atom is 0.0664 e. The van der Waals surface area contributed by atoms with E-state index in [-0.39, 0.29) is 0 Å². The molecule has 0 saturated carbocycles. The van der Waals surface area contributed by atoms with Crippen molar-refractivity contribution in [1.82, 2.24) is 0 Å². The minimum Gasteiger partial charge on any atom is -0.380 e. The van der Waals surface area contributed by atoms with E-state index < -0.39 is 0 Å². The lowest BCUT2D eigenvalue weighted by Gasteiger charge is -2.19. The van der Waals surface area contributed by atoms with Crippen LogP contribution in [0.1, 0.15) is 26.7 Å². The Balaban J connectivity index is 1.86. The first kappa shape index (κ1) is 13.2. The van der Waals surface area contributed by atoms with Crippen LogP contribution in [0.25, 0.3) is 0 Å². The van der Waals surface area contributed by atoms with Crippen LogP contribution < -0.4 is 10.2 Å². The van der Waals surface area contributed by atoms with Gasteiger partial charge in [0.2, 0.25) is 0 Å². The second kappa shape index (κ2) is 6.64. The predicted octanol–water partition coefficient (Wildman–Crippen LogP) is 3.12. The van der Waals surface area contributed by atoms with Gasteiger partial charge in [-0.15, -0.1) is 0 Å². The normalized spacial score (nSPS) is 16.9. The van der Waals surface area contributed by atoms with Crippen molar-refractivity contribution in [1.29, 1.82) is 0 Å². The molecule has 1 aliphatic rings. The van der Waals surface area contributed by atoms with Crippen LogP contribution in [-0.2, 0) is 4.74 Å². The predicted molar refractivity (Wildman–Crippen MR) is 77.5 cm³/mol. The van der Waals surface area contributed by atoms with Crippen LogP contribution in [0.4, 0.5) is 11.4 Å². The van der Waals surface area contributed by atoms with E-state index in [4.69, 9.17) is 4.74 Å². The summed E-state index contributed by atoms with van der Waals surface area (Å²) in [7, 11) is 0. The van der Waals surface area contributed by atoms with Crippen molar-refractivity contribution in [2.24, 2.45) is 0 Å². The number of ether oxygens (including phenoxy) is 1. The van der Waals surface area contributed by atoms with Gasteiger partial charge >= 0.3 is 0 Å². The molecule has 1 aromatic carbocycles. The van der Waals surface area contributed by atoms with Gasteiger partial charge in [0.15, 0.2) is 0 Å². The first-order chi connectivity index (χ1) is 8.79. The molecule has 3 heteroatoms. The largest absolute Gasteiger partial charge is 0.380 e. The molecule has 1 saturated heterocycles. The second-order valence-electron chi connectivity index (χ2n) is 4.95. The van der Waals surface area contributed by atoms with E-state index >= 15 is 0 Å². The molecular formula is C15H24N2O. The van der Waals surface area contributed by atoms with Crippen LogP contribution in [0.2, 0.25) is 0 Å². The zero-order valence-electron chi connectivity index (χ0n) is 11.5. The molecule has 2 rings (SSSR count). The molecule has 1 atom stereocenters. The maximum atomic E-state index is 5.40. The highest BCUT2D eigenvalue weighted by Gasteiger charge is 2.11. The minimum atomic E-state index is 0.350. The third-order valence-electron chi connectivity index (χ3n) is 3.32. The zero-order chi connectivity index (χ0) is 12.8. The average molecular weight is 248 g/mol. The molecule has 0 bridgehead atoms. The standard InChI is InChI=1S/C15H24N2O/c1-3-18-12-13(2)16-14-6-8-15(9-7-14)17-10-4-5-11-17/h6-9,13,16H,3-5,10-12H2,1-2H3. The lowest BCUT2D eigenvalue weighted by molar-refractivity contribution is 0.141. The quantitative estimate of drug-likeness (QED) is 0.837. The van der Waals surface area contributed by atoms with Gasteiger partial charge in [-0.3, -0.25) is 0 Å². The van der Waals surface area contributed by atoms with E-state index in [1.165, 1.54) is 37.3 Å². The van der Waals surface area contributed by atoms with Crippen LogP contribution in [0.3, 0.4) is 0 Å². The van der Waals surface area contributed by atoms with Crippen molar-refractivity contribution in [2.75, 3.05) is 36.5 Å². The van der Waals surface area contributed by atoms with Gasteiger partial charge in [0.1, 0.15) is 0 Å². The van der Waals surface area contributed by atoms with Gasteiger partial charge in [-0.2, -0.15) is 0 Å². The summed E-state index contributed by atoms with van der Waals surface area (Å²) in [5.41, 5.74) is 2.51. The molecule has 0 aromatic heterocycles. The number of rotatable bonds is 6. The molecule has 1 unspecified atom stereocenters. The Labute approximate surface area is 110 Å². The third kappa shape index (κ3) is 3.64. The van der Waals surface area contributed by atoms with Crippen molar-refractivity contribution in [3.63, 3.8) is 0 Å². The summed E-state index contributed by atoms with van der Waals surface area (Å²) in [6.45, 7) is 8.10. The van der Waals surface area contributed by atoms with Crippen molar-refractivity contribution >= 4 is 11.4 Å². The van der Waals surface area contributed by atoms with E-state index in [1.54, 1.807) is 0 Å². The van der Waals surface area contributed by atoms with Gasteiger partial charge in [0, 0.05) is 37.1 Å². The molecule has 1 heterocycles. The highest BCUT2D eigenvalue weighted by atomic mass is 16.5. The first-order valence-electron chi connectivity index (χ1n) is 6.99. The third-order valence-corrected chi connectivity index (χ3v) is 3.32. The van der Waals surface area contributed by atoms with Gasteiger partial charge in [0.05, 0.1) is 6.61 Å². The second-order valence-corrected chi connectivity index (χ2v) is 4.95. The van der Waals surface area contributed by atoms with Gasteiger partial charge in [0.25, 0.3) is 0 Å². The fourth-order valence-corrected chi connectivity index (χ4v) is 2.36. The molecule has 3 nitrogen and oxygen atoms in total. The fraction of sp³-hybridized carbons (Fsp3) is 0.600. The number of hydrogen-bond donors (Lipinski definition) is 1. The van der Waals surface area contributed by atoms with Crippen molar-refractivity contribution in [3.8, 4) is 0 Å². The monoisotopic (exact) mass is 248 g/mol. The lowest BCUT2D eigenvalue weighted by Crippen LogP contribution is -2.22. The number of nitrogens with one attached hydrogen (secondary N) is 1. The molecule has 0 radical (unpaired) electrons. The highest BCUT2D eigenvalue weighted by molar-refractivity contribution is 5.55. The smallest absolute Gasteiger partial charge is 0.0664 e. The van der Waals surface area contributed by atoms with Gasteiger partial charge in [-0.05, 0) is 51.0 Å². The number of benzene rings is 1. The number of anilines is 2. The summed E-state index contributed by atoms with van der Waals surface area (Å²) >= 11 is 0. The number of hydrogen-bond acceptors (Lipinski definition) is 3. The van der Waals surface area contributed by atoms with Crippen LogP contribution >= 0.6 is 0 Å². The van der Waals surface area contributed by atoms with Crippen LogP contribution in [0, 0.1) is 0 Å². The Kier molecular flexibility index (Phi) is 4.88. The summed E-state index contributed by atoms with van der Waals surface area (Å²) in [6, 6.07) is 9.09. The molecular weight excluding hydrogens is 224 g/mol. The summed E-state index contributed by atoms with van der Waals surface area (Å²) < 4.78 is 5.40. The molecule has 1 fully saturated rings. The summed E-state index contributed by atoms with van der Waals surface area (Å²) in [5.74, 6) is 0. The highest BCUT2D eigenvalue weighted by Crippen LogP contribution is 2.22.